The number of fused-ring (bicyclic) bond motifs is 3. The van der Waals surface area contributed by atoms with Crippen LogP contribution in [0.3, 0.4) is 0 Å². The Bertz CT molecular complexity index is 1350. The van der Waals surface area contributed by atoms with E-state index in [0.29, 0.717) is 42.8 Å². The van der Waals surface area contributed by atoms with Crippen LogP contribution in [0.25, 0.3) is 11.1 Å². The Hall–Kier alpha value is -3.34. The topological polar surface area (TPSA) is 108 Å². The Morgan fingerprint density at radius 3 is 2.21 bits per heavy atom. The van der Waals surface area contributed by atoms with Crippen LogP contribution in [0.2, 0.25) is 0 Å². The molecule has 0 aliphatic heterocycles. The van der Waals surface area contributed by atoms with Crippen LogP contribution >= 0.6 is 0 Å². The molecule has 234 valence electrons. The van der Waals surface area contributed by atoms with Crippen molar-refractivity contribution < 1.29 is 37.4 Å². The summed E-state index contributed by atoms with van der Waals surface area (Å²) in [5, 5.41) is 22.5. The molecule has 0 spiro atoms. The minimum Gasteiger partial charge on any atom is -0.491 e. The number of benzene rings is 2. The summed E-state index contributed by atoms with van der Waals surface area (Å²) in [4.78, 5) is 15.4. The summed E-state index contributed by atoms with van der Waals surface area (Å²) in [6, 6.07) is 11.4. The molecule has 4 aliphatic carbocycles. The normalized spacial score (nSPS) is 28.9. The van der Waals surface area contributed by atoms with Gasteiger partial charge >= 0.3 is 6.18 Å². The molecule has 0 radical (unpaired) electrons. The zero-order valence-electron chi connectivity index (χ0n) is 24.5. The largest absolute Gasteiger partial charge is 0.491 e. The van der Waals surface area contributed by atoms with Gasteiger partial charge in [-0.2, -0.15) is 13.2 Å². The van der Waals surface area contributed by atoms with E-state index in [1.54, 1.807) is 35.2 Å². The van der Waals surface area contributed by atoms with E-state index in [-0.39, 0.29) is 40.7 Å². The van der Waals surface area contributed by atoms with Crippen molar-refractivity contribution in [3.8, 4) is 16.9 Å². The Morgan fingerprint density at radius 1 is 1.07 bits per heavy atom. The number of nitrogens with two attached hydrogens (primary N) is 1. The molecule has 43 heavy (non-hydrogen) atoms. The van der Waals surface area contributed by atoms with Gasteiger partial charge in [0.05, 0.1) is 6.10 Å². The third-order valence-corrected chi connectivity index (χ3v) is 9.89. The van der Waals surface area contributed by atoms with Crippen molar-refractivity contribution in [2.24, 2.45) is 27.6 Å². The van der Waals surface area contributed by atoms with Crippen molar-refractivity contribution in [1.29, 1.82) is 0 Å². The molecule has 4 saturated carbocycles. The molecule has 1 amide bonds. The third kappa shape index (κ3) is 6.05. The number of hydrogen-bond donors (Lipinski definition) is 3. The quantitative estimate of drug-likeness (QED) is 0.0959. The Kier molecular flexibility index (Phi) is 8.17. The first-order valence-electron chi connectivity index (χ1n) is 14.8. The third-order valence-electron chi connectivity index (χ3n) is 9.89. The Labute approximate surface area is 248 Å². The molecule has 0 heterocycles. The summed E-state index contributed by atoms with van der Waals surface area (Å²) in [6.45, 7) is 4.13. The van der Waals surface area contributed by atoms with Crippen LogP contribution in [0.1, 0.15) is 71.6 Å². The van der Waals surface area contributed by atoms with Crippen molar-refractivity contribution >= 4 is 17.4 Å². The molecule has 0 saturated heterocycles. The number of amides is 1. The highest BCUT2D eigenvalue weighted by molar-refractivity contribution is 5.94. The fourth-order valence-electron chi connectivity index (χ4n) is 7.17. The lowest BCUT2D eigenvalue weighted by molar-refractivity contribution is -0.298. The van der Waals surface area contributed by atoms with Gasteiger partial charge in [0.25, 0.3) is 0 Å². The van der Waals surface area contributed by atoms with E-state index in [2.05, 4.69) is 5.16 Å². The van der Waals surface area contributed by atoms with Crippen LogP contribution in [0.4, 0.5) is 23.2 Å². The average molecular weight is 606 g/mol. The van der Waals surface area contributed by atoms with Crippen LogP contribution in [-0.2, 0) is 4.79 Å². The van der Waals surface area contributed by atoms with Crippen molar-refractivity contribution in [3.05, 3.63) is 48.3 Å². The van der Waals surface area contributed by atoms with Crippen molar-refractivity contribution in [2.45, 2.75) is 89.5 Å². The summed E-state index contributed by atoms with van der Waals surface area (Å²) in [5.74, 6) is -0.578. The van der Waals surface area contributed by atoms with Gasteiger partial charge in [-0.25, -0.2) is 4.39 Å². The molecule has 2 aromatic carbocycles. The van der Waals surface area contributed by atoms with Crippen molar-refractivity contribution in [3.63, 3.8) is 0 Å². The minimum atomic E-state index is -4.75. The molecule has 4 N–H and O–H groups in total. The predicted octanol–water partition coefficient (Wildman–Crippen LogP) is 6.79. The van der Waals surface area contributed by atoms with Gasteiger partial charge in [-0.15, -0.1) is 0 Å². The first-order chi connectivity index (χ1) is 20.2. The molecule has 11 heteroatoms. The molecule has 0 aromatic heterocycles. The first kappa shape index (κ1) is 31.1. The molecule has 4 aliphatic rings. The van der Waals surface area contributed by atoms with Gasteiger partial charge in [-0.1, -0.05) is 17.3 Å². The number of halogens is 4. The van der Waals surface area contributed by atoms with Crippen LogP contribution in [0, 0.1) is 22.6 Å². The number of anilines is 1. The van der Waals surface area contributed by atoms with Crippen molar-refractivity contribution in [1.82, 2.24) is 0 Å². The highest BCUT2D eigenvalue weighted by Gasteiger charge is 2.61. The zero-order valence-corrected chi connectivity index (χ0v) is 24.5. The maximum absolute atomic E-state index is 15.1. The minimum absolute atomic E-state index is 0.0234. The molecule has 4 fully saturated rings. The van der Waals surface area contributed by atoms with Gasteiger partial charge in [-0.05, 0) is 112 Å². The maximum Gasteiger partial charge on any atom is 0.417 e. The molecular formula is C32H39F4N3O4. The molecular weight excluding hydrogens is 566 g/mol. The number of carbonyl (C=O) groups excluding carboxylic acids is 1. The SMILES string of the molecule is CC(C)Oc1ccc(-c2cc(N(CC34CCC(/C(N)=N/O)(CC3)CC4)C(=O)CC3CC(O)(C(F)(F)F)C3)ccc2F)cc1. The van der Waals surface area contributed by atoms with E-state index in [4.69, 9.17) is 10.5 Å². The smallest absolute Gasteiger partial charge is 0.417 e. The highest BCUT2D eigenvalue weighted by Crippen LogP contribution is 2.57. The second-order valence-electron chi connectivity index (χ2n) is 13.1. The number of carbonyl (C=O) groups is 1. The predicted molar refractivity (Wildman–Crippen MR) is 154 cm³/mol. The van der Waals surface area contributed by atoms with E-state index in [1.807, 2.05) is 13.8 Å². The fraction of sp³-hybridized carbons (Fsp3) is 0.562. The lowest BCUT2D eigenvalue weighted by Gasteiger charge is -2.54. The maximum atomic E-state index is 15.1. The summed E-state index contributed by atoms with van der Waals surface area (Å²) in [5.41, 5.74) is 3.99. The number of aliphatic hydroxyl groups is 1. The van der Waals surface area contributed by atoms with Crippen LogP contribution in [0.5, 0.6) is 5.75 Å². The van der Waals surface area contributed by atoms with Gasteiger partial charge in [0.1, 0.15) is 17.4 Å². The number of rotatable bonds is 9. The second-order valence-corrected chi connectivity index (χ2v) is 13.1. The van der Waals surface area contributed by atoms with Crippen LogP contribution in [-0.4, -0.2) is 46.5 Å². The standard InChI is InChI=1S/C32H39F4N3O4/c1-20(2)43-24-6-3-22(4-7-24)25-16-23(5-8-26(25)33)39(27(40)15-21-17-31(41,18-21)32(34,35)36)19-29-9-12-30(13-10-29,14-11-29)28(37)38-42/h3-8,16,20-21,41-42H,9-15,17-19H2,1-2H3,(H2,37,38). The lowest BCUT2D eigenvalue weighted by atomic mass is 9.53. The van der Waals surface area contributed by atoms with E-state index < -0.39 is 36.4 Å². The monoisotopic (exact) mass is 605 g/mol. The van der Waals surface area contributed by atoms with E-state index in [0.717, 1.165) is 19.3 Å². The fourth-order valence-corrected chi connectivity index (χ4v) is 7.17. The number of oxime groups is 1. The summed E-state index contributed by atoms with van der Waals surface area (Å²) in [7, 11) is 0. The molecule has 2 aromatic rings. The molecule has 0 unspecified atom stereocenters. The second kappa shape index (κ2) is 11.3. The van der Waals surface area contributed by atoms with Gasteiger partial charge < -0.3 is 25.7 Å². The Morgan fingerprint density at radius 2 is 1.67 bits per heavy atom. The van der Waals surface area contributed by atoms with Crippen molar-refractivity contribution in [2.75, 3.05) is 11.4 Å². The zero-order chi connectivity index (χ0) is 31.2. The highest BCUT2D eigenvalue weighted by atomic mass is 19.4. The summed E-state index contributed by atoms with van der Waals surface area (Å²) < 4.78 is 60.6. The number of nitrogens with zero attached hydrogens (tertiary/aromatic N) is 2. The number of hydrogen-bond acceptors (Lipinski definition) is 5. The van der Waals surface area contributed by atoms with Gasteiger partial charge in [-0.3, -0.25) is 4.79 Å². The lowest BCUT2D eigenvalue weighted by Crippen LogP contribution is -2.56. The number of ether oxygens (including phenoxy) is 1. The van der Waals surface area contributed by atoms with Crippen LogP contribution in [0.15, 0.2) is 47.6 Å². The summed E-state index contributed by atoms with van der Waals surface area (Å²) >= 11 is 0. The molecule has 6 rings (SSSR count). The Balaban J connectivity index is 1.42. The van der Waals surface area contributed by atoms with E-state index >= 15 is 4.39 Å². The molecule has 0 atom stereocenters. The van der Waals surface area contributed by atoms with Crippen LogP contribution < -0.4 is 15.4 Å². The number of alkyl halides is 3. The molecule has 2 bridgehead atoms. The molecule has 7 nitrogen and oxygen atoms in total. The van der Waals surface area contributed by atoms with Gasteiger partial charge in [0.2, 0.25) is 5.91 Å². The van der Waals surface area contributed by atoms with E-state index in [1.165, 1.54) is 12.1 Å². The first-order valence-corrected chi connectivity index (χ1v) is 14.8. The van der Waals surface area contributed by atoms with Gasteiger partial charge in [0.15, 0.2) is 5.60 Å². The van der Waals surface area contributed by atoms with E-state index in [9.17, 15) is 28.3 Å². The van der Waals surface area contributed by atoms with Gasteiger partial charge in [0, 0.05) is 29.6 Å². The number of amidine groups is 1. The summed E-state index contributed by atoms with van der Waals surface area (Å²) in [6.07, 6.45) is -1.68. The average Bonchev–Trinajstić information content (AvgIpc) is 2.95.